The van der Waals surface area contributed by atoms with Gasteiger partial charge in [-0.15, -0.1) is 0 Å². The number of carbonyl (C=O) groups excluding carboxylic acids is 1. The quantitative estimate of drug-likeness (QED) is 0.483. The molecular formula is C19H28O2. The van der Waals surface area contributed by atoms with Crippen LogP contribution in [-0.4, -0.2) is 11.6 Å². The molecule has 0 amide bonds. The van der Waals surface area contributed by atoms with Crippen LogP contribution in [0.25, 0.3) is 6.08 Å². The lowest BCUT2D eigenvalue weighted by atomic mass is 9.91. The fourth-order valence-corrected chi connectivity index (χ4v) is 2.57. The van der Waals surface area contributed by atoms with E-state index in [9.17, 15) is 4.79 Å². The predicted octanol–water partition coefficient (Wildman–Crippen LogP) is 5.24. The van der Waals surface area contributed by atoms with E-state index in [2.05, 4.69) is 13.8 Å². The maximum Gasteiger partial charge on any atom is 0.331 e. The topological polar surface area (TPSA) is 26.3 Å². The fourth-order valence-electron chi connectivity index (χ4n) is 2.57. The van der Waals surface area contributed by atoms with Gasteiger partial charge in [-0.1, -0.05) is 63.4 Å². The summed E-state index contributed by atoms with van der Waals surface area (Å²) in [5.41, 5.74) is 0.592. The summed E-state index contributed by atoms with van der Waals surface area (Å²) in [4.78, 5) is 11.9. The zero-order valence-corrected chi connectivity index (χ0v) is 13.8. The van der Waals surface area contributed by atoms with Crippen molar-refractivity contribution in [2.75, 3.05) is 0 Å². The van der Waals surface area contributed by atoms with Gasteiger partial charge < -0.3 is 4.74 Å². The summed E-state index contributed by atoms with van der Waals surface area (Å²) in [6, 6.07) is 9.77. The summed E-state index contributed by atoms with van der Waals surface area (Å²) < 4.78 is 5.58. The van der Waals surface area contributed by atoms with Gasteiger partial charge in [0.25, 0.3) is 0 Å². The molecule has 0 radical (unpaired) electrons. The van der Waals surface area contributed by atoms with E-state index >= 15 is 0 Å². The average molecular weight is 288 g/mol. The number of ether oxygens (including phenoxy) is 1. The number of unbranched alkanes of at least 4 members (excludes halogenated alkanes) is 1. The molecule has 1 unspecified atom stereocenters. The van der Waals surface area contributed by atoms with Gasteiger partial charge in [0.1, 0.15) is 5.60 Å². The highest BCUT2D eigenvalue weighted by Gasteiger charge is 2.24. The molecule has 1 rings (SSSR count). The largest absolute Gasteiger partial charge is 0.456 e. The van der Waals surface area contributed by atoms with Crippen LogP contribution >= 0.6 is 0 Å². The molecule has 0 saturated carbocycles. The Morgan fingerprint density at radius 1 is 1.29 bits per heavy atom. The molecule has 0 spiro atoms. The molecule has 0 heterocycles. The van der Waals surface area contributed by atoms with Gasteiger partial charge in [-0.25, -0.2) is 4.79 Å². The molecule has 1 atom stereocenters. The maximum absolute atomic E-state index is 11.9. The van der Waals surface area contributed by atoms with Gasteiger partial charge in [0.15, 0.2) is 0 Å². The van der Waals surface area contributed by atoms with Gasteiger partial charge in [0.05, 0.1) is 0 Å². The van der Waals surface area contributed by atoms with Crippen LogP contribution in [0, 0.1) is 5.92 Å². The van der Waals surface area contributed by atoms with Crippen LogP contribution in [0.15, 0.2) is 36.4 Å². The SMILES string of the molecule is CCCCC(C)CC(C)(C)OC(=O)C=Cc1ccccc1. The molecular weight excluding hydrogens is 260 g/mol. The first-order valence-electron chi connectivity index (χ1n) is 7.89. The molecule has 0 aliphatic carbocycles. The van der Waals surface area contributed by atoms with Crippen LogP contribution in [-0.2, 0) is 9.53 Å². The van der Waals surface area contributed by atoms with E-state index in [1.54, 1.807) is 6.08 Å². The normalized spacial score (nSPS) is 13.3. The molecule has 0 aromatic heterocycles. The summed E-state index contributed by atoms with van der Waals surface area (Å²) >= 11 is 0. The highest BCUT2D eigenvalue weighted by Crippen LogP contribution is 2.24. The molecule has 116 valence electrons. The second-order valence-corrected chi connectivity index (χ2v) is 6.38. The summed E-state index contributed by atoms with van der Waals surface area (Å²) in [6.45, 7) is 8.41. The number of carbonyl (C=O) groups is 1. The molecule has 1 aromatic rings. The molecule has 0 N–H and O–H groups in total. The second kappa shape index (κ2) is 8.66. The Labute approximate surface area is 129 Å². The lowest BCUT2D eigenvalue weighted by Crippen LogP contribution is -2.29. The van der Waals surface area contributed by atoms with E-state index in [1.807, 2.05) is 44.2 Å². The third kappa shape index (κ3) is 7.69. The Morgan fingerprint density at radius 3 is 2.57 bits per heavy atom. The maximum atomic E-state index is 11.9. The third-order valence-electron chi connectivity index (χ3n) is 3.48. The summed E-state index contributed by atoms with van der Waals surface area (Å²) in [5.74, 6) is 0.303. The van der Waals surface area contributed by atoms with E-state index < -0.39 is 5.60 Å². The molecule has 2 heteroatoms. The number of hydrogen-bond acceptors (Lipinski definition) is 2. The number of esters is 1. The standard InChI is InChI=1S/C19H28O2/c1-5-6-10-16(2)15-19(3,4)21-18(20)14-13-17-11-8-7-9-12-17/h7-9,11-14,16H,5-6,10,15H2,1-4H3. The van der Waals surface area contributed by atoms with Crippen molar-refractivity contribution in [2.24, 2.45) is 5.92 Å². The summed E-state index contributed by atoms with van der Waals surface area (Å²) in [7, 11) is 0. The van der Waals surface area contributed by atoms with Crippen LogP contribution < -0.4 is 0 Å². The van der Waals surface area contributed by atoms with Gasteiger partial charge in [-0.2, -0.15) is 0 Å². The first-order chi connectivity index (χ1) is 9.93. The van der Waals surface area contributed by atoms with Crippen LogP contribution in [0.2, 0.25) is 0 Å². The molecule has 0 aliphatic rings. The average Bonchev–Trinajstić information content (AvgIpc) is 2.43. The molecule has 0 aliphatic heterocycles. The molecule has 0 saturated heterocycles. The zero-order chi connectivity index (χ0) is 15.7. The van der Waals surface area contributed by atoms with Crippen molar-refractivity contribution in [3.63, 3.8) is 0 Å². The lowest BCUT2D eigenvalue weighted by molar-refractivity contribution is -0.151. The van der Waals surface area contributed by atoms with Crippen molar-refractivity contribution >= 4 is 12.0 Å². The molecule has 21 heavy (non-hydrogen) atoms. The van der Waals surface area contributed by atoms with E-state index in [1.165, 1.54) is 25.3 Å². The smallest absolute Gasteiger partial charge is 0.331 e. The van der Waals surface area contributed by atoms with Crippen molar-refractivity contribution in [3.05, 3.63) is 42.0 Å². The number of rotatable bonds is 8. The minimum absolute atomic E-state index is 0.272. The van der Waals surface area contributed by atoms with Crippen molar-refractivity contribution in [1.82, 2.24) is 0 Å². The lowest BCUT2D eigenvalue weighted by Gasteiger charge is -2.27. The van der Waals surface area contributed by atoms with Crippen LogP contribution in [0.3, 0.4) is 0 Å². The van der Waals surface area contributed by atoms with Crippen molar-refractivity contribution < 1.29 is 9.53 Å². The van der Waals surface area contributed by atoms with Crippen LogP contribution in [0.4, 0.5) is 0 Å². The van der Waals surface area contributed by atoms with E-state index in [-0.39, 0.29) is 5.97 Å². The van der Waals surface area contributed by atoms with Gasteiger partial charge in [0, 0.05) is 6.08 Å². The Balaban J connectivity index is 2.46. The van der Waals surface area contributed by atoms with Gasteiger partial charge in [0.2, 0.25) is 0 Å². The number of benzene rings is 1. The van der Waals surface area contributed by atoms with Crippen molar-refractivity contribution in [1.29, 1.82) is 0 Å². The molecule has 1 aromatic carbocycles. The van der Waals surface area contributed by atoms with Crippen LogP contribution in [0.5, 0.6) is 0 Å². The van der Waals surface area contributed by atoms with Gasteiger partial charge in [-0.05, 0) is 37.8 Å². The molecule has 0 bridgehead atoms. The van der Waals surface area contributed by atoms with Crippen molar-refractivity contribution in [3.8, 4) is 0 Å². The first-order valence-corrected chi connectivity index (χ1v) is 7.89. The highest BCUT2D eigenvalue weighted by molar-refractivity contribution is 5.87. The monoisotopic (exact) mass is 288 g/mol. The Kier molecular flexibility index (Phi) is 7.21. The van der Waals surface area contributed by atoms with E-state index in [0.29, 0.717) is 5.92 Å². The molecule has 2 nitrogen and oxygen atoms in total. The minimum Gasteiger partial charge on any atom is -0.456 e. The predicted molar refractivity (Wildman–Crippen MR) is 89.0 cm³/mol. The Hall–Kier alpha value is -1.57. The molecule has 0 fully saturated rings. The third-order valence-corrected chi connectivity index (χ3v) is 3.48. The Bertz CT molecular complexity index is 446. The zero-order valence-electron chi connectivity index (χ0n) is 13.8. The Morgan fingerprint density at radius 2 is 1.95 bits per heavy atom. The minimum atomic E-state index is -0.411. The second-order valence-electron chi connectivity index (χ2n) is 6.38. The van der Waals surface area contributed by atoms with E-state index in [4.69, 9.17) is 4.74 Å². The van der Waals surface area contributed by atoms with Crippen molar-refractivity contribution in [2.45, 2.75) is 59.0 Å². The first kappa shape index (κ1) is 17.5. The fraction of sp³-hybridized carbons (Fsp3) is 0.526. The summed E-state index contributed by atoms with van der Waals surface area (Å²) in [6.07, 6.45) is 7.84. The number of hydrogen-bond donors (Lipinski definition) is 0. The van der Waals surface area contributed by atoms with Gasteiger partial charge >= 0.3 is 5.97 Å². The highest BCUT2D eigenvalue weighted by atomic mass is 16.6. The van der Waals surface area contributed by atoms with Gasteiger partial charge in [-0.3, -0.25) is 0 Å². The summed E-state index contributed by atoms with van der Waals surface area (Å²) in [5, 5.41) is 0. The van der Waals surface area contributed by atoms with E-state index in [0.717, 1.165) is 12.0 Å². The van der Waals surface area contributed by atoms with Crippen LogP contribution in [0.1, 0.15) is 58.9 Å².